The van der Waals surface area contributed by atoms with Crippen molar-refractivity contribution in [3.05, 3.63) is 78.1 Å². The number of pyridine rings is 1. The van der Waals surface area contributed by atoms with Crippen molar-refractivity contribution in [1.29, 1.82) is 0 Å². The van der Waals surface area contributed by atoms with Gasteiger partial charge in [0.25, 0.3) is 0 Å². The summed E-state index contributed by atoms with van der Waals surface area (Å²) in [7, 11) is 0. The van der Waals surface area contributed by atoms with Gasteiger partial charge in [-0.1, -0.05) is 6.07 Å². The average molecular weight is 383 g/mol. The highest BCUT2D eigenvalue weighted by molar-refractivity contribution is 7.80. The van der Waals surface area contributed by atoms with Gasteiger partial charge in [-0.15, -0.1) is 0 Å². The Morgan fingerprint density at radius 1 is 1.15 bits per heavy atom. The van der Waals surface area contributed by atoms with Crippen LogP contribution in [-0.2, 0) is 0 Å². The van der Waals surface area contributed by atoms with E-state index < -0.39 is 0 Å². The monoisotopic (exact) mass is 383 g/mol. The normalized spacial score (nSPS) is 19.3. The highest BCUT2D eigenvalue weighted by Crippen LogP contribution is 2.40. The number of aromatic nitrogens is 1. The summed E-state index contributed by atoms with van der Waals surface area (Å²) in [5.41, 5.74) is 1.63. The largest absolute Gasteiger partial charge is 0.459 e. The Bertz CT molecular complexity index is 930. The van der Waals surface area contributed by atoms with E-state index in [-0.39, 0.29) is 24.5 Å². The maximum Gasteiger partial charge on any atom is 0.170 e. The summed E-state index contributed by atoms with van der Waals surface area (Å²) in [5.74, 6) is 1.05. The Morgan fingerprint density at radius 3 is 2.67 bits per heavy atom. The molecule has 0 unspecified atom stereocenters. The predicted molar refractivity (Wildman–Crippen MR) is 103 cm³/mol. The van der Waals surface area contributed by atoms with Crippen LogP contribution in [0.4, 0.5) is 4.39 Å². The molecule has 3 heterocycles. The molecule has 0 amide bonds. The topological polar surface area (TPSA) is 61.5 Å². The Labute approximate surface area is 161 Å². The minimum Gasteiger partial charge on any atom is -0.459 e. The molecular formula is C20H18FN3O2S. The predicted octanol–water partition coefficient (Wildman–Crippen LogP) is 3.45. The second-order valence-corrected chi connectivity index (χ2v) is 6.64. The molecule has 27 heavy (non-hydrogen) atoms. The quantitative estimate of drug-likeness (QED) is 0.658. The van der Waals surface area contributed by atoms with Crippen LogP contribution in [0.15, 0.2) is 65.2 Å². The van der Waals surface area contributed by atoms with E-state index in [9.17, 15) is 9.50 Å². The Balaban J connectivity index is 1.71. The summed E-state index contributed by atoms with van der Waals surface area (Å²) in [4.78, 5) is 6.35. The number of nitrogens with one attached hydrogen (secondary N) is 1. The lowest BCUT2D eigenvalue weighted by Crippen LogP contribution is -2.32. The third-order valence-electron chi connectivity index (χ3n) is 4.59. The summed E-state index contributed by atoms with van der Waals surface area (Å²) < 4.78 is 19.3. The van der Waals surface area contributed by atoms with Gasteiger partial charge in [0.05, 0.1) is 18.3 Å². The summed E-state index contributed by atoms with van der Waals surface area (Å²) in [5, 5.41) is 13.3. The van der Waals surface area contributed by atoms with Crippen LogP contribution < -0.4 is 5.32 Å². The number of benzene rings is 1. The van der Waals surface area contributed by atoms with Crippen LogP contribution in [0.2, 0.25) is 0 Å². The molecule has 2 N–H and O–H groups in total. The Morgan fingerprint density at radius 2 is 1.96 bits per heavy atom. The lowest BCUT2D eigenvalue weighted by molar-refractivity contribution is 0.209. The molecule has 1 aliphatic rings. The molecular weight excluding hydrogens is 365 g/mol. The van der Waals surface area contributed by atoms with Crippen LogP contribution >= 0.6 is 12.2 Å². The molecule has 2 atom stereocenters. The molecule has 0 saturated carbocycles. The van der Waals surface area contributed by atoms with Gasteiger partial charge in [-0.2, -0.15) is 0 Å². The average Bonchev–Trinajstić information content (AvgIpc) is 3.29. The van der Waals surface area contributed by atoms with Crippen LogP contribution in [0.3, 0.4) is 0 Å². The molecule has 7 heteroatoms. The number of β-amino-alcohol motifs (C(OH)–C–C–N with tert-alkyl or cyclic N) is 1. The highest BCUT2D eigenvalue weighted by atomic mass is 32.1. The van der Waals surface area contributed by atoms with Crippen LogP contribution in [0.5, 0.6) is 0 Å². The molecule has 1 fully saturated rings. The van der Waals surface area contributed by atoms with Crippen LogP contribution in [0.1, 0.15) is 23.5 Å². The summed E-state index contributed by atoms with van der Waals surface area (Å²) in [6.07, 6.45) is 1.73. The van der Waals surface area contributed by atoms with Crippen molar-refractivity contribution in [3.63, 3.8) is 0 Å². The maximum absolute atomic E-state index is 13.2. The molecule has 0 spiro atoms. The van der Waals surface area contributed by atoms with Crippen molar-refractivity contribution in [2.75, 3.05) is 13.2 Å². The second-order valence-electron chi connectivity index (χ2n) is 6.25. The molecule has 0 radical (unpaired) electrons. The fourth-order valence-electron chi connectivity index (χ4n) is 3.34. The van der Waals surface area contributed by atoms with Crippen molar-refractivity contribution in [2.45, 2.75) is 12.1 Å². The van der Waals surface area contributed by atoms with Crippen molar-refractivity contribution < 1.29 is 13.9 Å². The number of aliphatic hydroxyl groups is 1. The van der Waals surface area contributed by atoms with E-state index in [2.05, 4.69) is 10.3 Å². The summed E-state index contributed by atoms with van der Waals surface area (Å²) >= 11 is 5.47. The molecule has 0 bridgehead atoms. The second kappa shape index (κ2) is 7.46. The zero-order chi connectivity index (χ0) is 18.8. The third kappa shape index (κ3) is 3.43. The van der Waals surface area contributed by atoms with Gasteiger partial charge in [0.1, 0.15) is 23.4 Å². The van der Waals surface area contributed by atoms with Gasteiger partial charge in [0, 0.05) is 18.3 Å². The lowest BCUT2D eigenvalue weighted by atomic mass is 10.0. The van der Waals surface area contributed by atoms with Gasteiger partial charge in [-0.25, -0.2) is 4.39 Å². The minimum atomic E-state index is -0.291. The number of furan rings is 1. The fraction of sp³-hybridized carbons (Fsp3) is 0.200. The van der Waals surface area contributed by atoms with Gasteiger partial charge in [0.2, 0.25) is 0 Å². The van der Waals surface area contributed by atoms with Gasteiger partial charge < -0.3 is 19.7 Å². The zero-order valence-corrected chi connectivity index (χ0v) is 15.2. The van der Waals surface area contributed by atoms with E-state index in [4.69, 9.17) is 16.6 Å². The van der Waals surface area contributed by atoms with Gasteiger partial charge >= 0.3 is 0 Å². The SMILES string of the molecule is OCCN1C(=S)N[C@H](c2ccccn2)[C@@H]1c1ccc(-c2ccc(F)cc2)o1. The minimum absolute atomic E-state index is 0.0290. The van der Waals surface area contributed by atoms with Crippen molar-refractivity contribution in [3.8, 4) is 11.3 Å². The van der Waals surface area contributed by atoms with Crippen molar-refractivity contribution in [1.82, 2.24) is 15.2 Å². The first-order valence-electron chi connectivity index (χ1n) is 8.62. The first-order chi connectivity index (χ1) is 13.2. The molecule has 3 aromatic rings. The molecule has 1 aromatic carbocycles. The zero-order valence-electron chi connectivity index (χ0n) is 14.4. The number of nitrogens with zero attached hydrogens (tertiary/aromatic N) is 2. The number of hydrogen-bond donors (Lipinski definition) is 2. The first-order valence-corrected chi connectivity index (χ1v) is 9.03. The number of aliphatic hydroxyl groups excluding tert-OH is 1. The van der Waals surface area contributed by atoms with E-state index in [0.717, 1.165) is 11.3 Å². The van der Waals surface area contributed by atoms with E-state index in [1.54, 1.807) is 18.3 Å². The third-order valence-corrected chi connectivity index (χ3v) is 4.94. The molecule has 4 rings (SSSR count). The Hall–Kier alpha value is -2.77. The molecule has 138 valence electrons. The molecule has 1 saturated heterocycles. The van der Waals surface area contributed by atoms with Gasteiger partial charge in [-0.3, -0.25) is 4.98 Å². The van der Waals surface area contributed by atoms with E-state index in [1.807, 2.05) is 35.2 Å². The number of halogens is 1. The number of thiocarbonyl (C=S) groups is 1. The number of rotatable bonds is 5. The maximum atomic E-state index is 13.2. The van der Waals surface area contributed by atoms with Gasteiger partial charge in [-0.05, 0) is 60.7 Å². The summed E-state index contributed by atoms with van der Waals surface area (Å²) in [6.45, 7) is 0.352. The van der Waals surface area contributed by atoms with Crippen molar-refractivity contribution >= 4 is 17.3 Å². The first kappa shape index (κ1) is 17.6. The smallest absolute Gasteiger partial charge is 0.170 e. The molecule has 1 aliphatic heterocycles. The van der Waals surface area contributed by atoms with Crippen LogP contribution in [0, 0.1) is 5.82 Å². The van der Waals surface area contributed by atoms with E-state index >= 15 is 0 Å². The van der Waals surface area contributed by atoms with Crippen LogP contribution in [0.25, 0.3) is 11.3 Å². The van der Waals surface area contributed by atoms with Crippen molar-refractivity contribution in [2.24, 2.45) is 0 Å². The van der Waals surface area contributed by atoms with Gasteiger partial charge in [0.15, 0.2) is 5.11 Å². The van der Waals surface area contributed by atoms with Crippen LogP contribution in [-0.4, -0.2) is 33.3 Å². The fourth-order valence-corrected chi connectivity index (χ4v) is 3.68. The highest BCUT2D eigenvalue weighted by Gasteiger charge is 2.41. The molecule has 0 aliphatic carbocycles. The van der Waals surface area contributed by atoms with E-state index in [0.29, 0.717) is 23.2 Å². The lowest BCUT2D eigenvalue weighted by Gasteiger charge is -2.25. The number of hydrogen-bond acceptors (Lipinski definition) is 4. The molecule has 2 aromatic heterocycles. The summed E-state index contributed by atoms with van der Waals surface area (Å²) in [6, 6.07) is 15.2. The Kier molecular flexibility index (Phi) is 4.87. The standard InChI is InChI=1S/C20H18FN3O2S/c21-14-6-4-13(5-7-14)16-8-9-17(26-16)19-18(15-3-1-2-10-22-15)23-20(27)24(19)11-12-25/h1-10,18-19,25H,11-12H2,(H,23,27)/t18-,19+/m1/s1. The van der Waals surface area contributed by atoms with E-state index in [1.165, 1.54) is 12.1 Å². The molecule has 5 nitrogen and oxygen atoms in total.